The fourth-order valence-corrected chi connectivity index (χ4v) is 3.75. The summed E-state index contributed by atoms with van der Waals surface area (Å²) in [6, 6.07) is 16.9. The lowest BCUT2D eigenvalue weighted by molar-refractivity contribution is -0.120. The van der Waals surface area contributed by atoms with Crippen LogP contribution in [0.4, 0.5) is 15.8 Å². The standard InChI is InChI=1S/C26H23FN2O2/c1-15-7-5-9-21(17(15)3)28-24-23(19-11-13-20(27)14-12-19)25(30)29(26(24)31)22-10-6-8-16(2)18(22)4/h5-14,28H,1-4H3. The summed E-state index contributed by atoms with van der Waals surface area (Å²) in [7, 11) is 0. The zero-order valence-electron chi connectivity index (χ0n) is 17.9. The third kappa shape index (κ3) is 3.52. The van der Waals surface area contributed by atoms with Gasteiger partial charge < -0.3 is 5.32 Å². The van der Waals surface area contributed by atoms with Gasteiger partial charge in [-0.15, -0.1) is 0 Å². The minimum atomic E-state index is -0.432. The molecule has 1 N–H and O–H groups in total. The Morgan fingerprint density at radius 3 is 2.03 bits per heavy atom. The summed E-state index contributed by atoms with van der Waals surface area (Å²) in [4.78, 5) is 28.3. The van der Waals surface area contributed by atoms with Crippen molar-refractivity contribution < 1.29 is 14.0 Å². The topological polar surface area (TPSA) is 49.4 Å². The van der Waals surface area contributed by atoms with Crippen LogP contribution in [-0.4, -0.2) is 11.8 Å². The van der Waals surface area contributed by atoms with E-state index in [0.717, 1.165) is 27.9 Å². The van der Waals surface area contributed by atoms with Crippen LogP contribution in [0.5, 0.6) is 0 Å². The van der Waals surface area contributed by atoms with E-state index in [9.17, 15) is 14.0 Å². The molecule has 0 saturated heterocycles. The summed E-state index contributed by atoms with van der Waals surface area (Å²) < 4.78 is 13.5. The van der Waals surface area contributed by atoms with Gasteiger partial charge in [-0.3, -0.25) is 9.59 Å². The number of imide groups is 1. The Balaban J connectivity index is 1.88. The molecular weight excluding hydrogens is 391 g/mol. The number of carbonyl (C=O) groups excluding carboxylic acids is 2. The van der Waals surface area contributed by atoms with Crippen molar-refractivity contribution >= 4 is 28.8 Å². The Bertz CT molecular complexity index is 1240. The van der Waals surface area contributed by atoms with Crippen molar-refractivity contribution in [2.45, 2.75) is 27.7 Å². The smallest absolute Gasteiger partial charge is 0.282 e. The van der Waals surface area contributed by atoms with Gasteiger partial charge in [0.25, 0.3) is 11.8 Å². The number of rotatable bonds is 4. The molecule has 4 nitrogen and oxygen atoms in total. The molecule has 0 atom stereocenters. The van der Waals surface area contributed by atoms with Crippen molar-refractivity contribution in [3.05, 3.63) is 100.0 Å². The number of benzene rings is 3. The van der Waals surface area contributed by atoms with Crippen molar-refractivity contribution in [1.29, 1.82) is 0 Å². The van der Waals surface area contributed by atoms with Crippen LogP contribution in [0.1, 0.15) is 27.8 Å². The molecule has 3 aromatic carbocycles. The van der Waals surface area contributed by atoms with Gasteiger partial charge >= 0.3 is 0 Å². The van der Waals surface area contributed by atoms with Gasteiger partial charge in [0.05, 0.1) is 11.3 Å². The van der Waals surface area contributed by atoms with Crippen molar-refractivity contribution in [2.24, 2.45) is 0 Å². The zero-order chi connectivity index (χ0) is 22.3. The van der Waals surface area contributed by atoms with Gasteiger partial charge in [-0.2, -0.15) is 0 Å². The maximum absolute atomic E-state index is 13.5. The average molecular weight is 414 g/mol. The molecular formula is C26H23FN2O2. The number of halogens is 1. The van der Waals surface area contributed by atoms with Gasteiger partial charge in [0, 0.05) is 5.69 Å². The molecule has 1 heterocycles. The van der Waals surface area contributed by atoms with E-state index < -0.39 is 17.6 Å². The molecule has 0 aromatic heterocycles. The predicted molar refractivity (Wildman–Crippen MR) is 121 cm³/mol. The lowest BCUT2D eigenvalue weighted by Gasteiger charge is -2.19. The summed E-state index contributed by atoms with van der Waals surface area (Å²) >= 11 is 0. The van der Waals surface area contributed by atoms with Crippen LogP contribution >= 0.6 is 0 Å². The lowest BCUT2D eigenvalue weighted by atomic mass is 10.0. The largest absolute Gasteiger partial charge is 0.350 e. The quantitative estimate of drug-likeness (QED) is 0.577. The second-order valence-corrected chi connectivity index (χ2v) is 7.79. The second-order valence-electron chi connectivity index (χ2n) is 7.79. The van der Waals surface area contributed by atoms with Gasteiger partial charge in [-0.1, -0.05) is 36.4 Å². The van der Waals surface area contributed by atoms with Crippen molar-refractivity contribution in [1.82, 2.24) is 0 Å². The second kappa shape index (κ2) is 7.84. The number of amides is 2. The monoisotopic (exact) mass is 414 g/mol. The summed E-state index contributed by atoms with van der Waals surface area (Å²) in [5.41, 5.74) is 6.09. The van der Waals surface area contributed by atoms with E-state index in [0.29, 0.717) is 11.3 Å². The predicted octanol–water partition coefficient (Wildman–Crippen LogP) is 5.46. The summed E-state index contributed by atoms with van der Waals surface area (Å²) in [5, 5.41) is 3.20. The first-order valence-electron chi connectivity index (χ1n) is 10.1. The van der Waals surface area contributed by atoms with Gasteiger partial charge in [0.2, 0.25) is 0 Å². The van der Waals surface area contributed by atoms with E-state index in [2.05, 4.69) is 5.32 Å². The van der Waals surface area contributed by atoms with Crippen molar-refractivity contribution in [3.8, 4) is 0 Å². The Morgan fingerprint density at radius 2 is 1.35 bits per heavy atom. The van der Waals surface area contributed by atoms with Crippen LogP contribution in [0.25, 0.3) is 5.57 Å². The number of hydrogen-bond acceptors (Lipinski definition) is 3. The Labute approximate surface area is 181 Å². The first kappa shape index (κ1) is 20.5. The van der Waals surface area contributed by atoms with Gasteiger partial charge in [-0.25, -0.2) is 9.29 Å². The Hall–Kier alpha value is -3.73. The number of nitrogens with one attached hydrogen (secondary N) is 1. The van der Waals surface area contributed by atoms with E-state index in [1.54, 1.807) is 6.07 Å². The Morgan fingerprint density at radius 1 is 0.742 bits per heavy atom. The van der Waals surface area contributed by atoms with E-state index in [4.69, 9.17) is 0 Å². The molecule has 0 aliphatic carbocycles. The zero-order valence-corrected chi connectivity index (χ0v) is 17.9. The molecule has 31 heavy (non-hydrogen) atoms. The molecule has 156 valence electrons. The third-order valence-electron chi connectivity index (χ3n) is 5.90. The van der Waals surface area contributed by atoms with Crippen LogP contribution in [0.15, 0.2) is 66.4 Å². The fraction of sp³-hybridized carbons (Fsp3) is 0.154. The molecule has 0 fully saturated rings. The highest BCUT2D eigenvalue weighted by molar-refractivity contribution is 6.46. The first-order valence-corrected chi connectivity index (χ1v) is 10.1. The first-order chi connectivity index (χ1) is 14.8. The van der Waals surface area contributed by atoms with E-state index in [1.807, 2.05) is 58.0 Å². The Kier molecular flexibility index (Phi) is 5.19. The maximum atomic E-state index is 13.5. The van der Waals surface area contributed by atoms with E-state index >= 15 is 0 Å². The van der Waals surface area contributed by atoms with Crippen LogP contribution in [0.2, 0.25) is 0 Å². The minimum Gasteiger partial charge on any atom is -0.350 e. The SMILES string of the molecule is Cc1cccc(NC2=C(c3ccc(F)cc3)C(=O)N(c3cccc(C)c3C)C2=O)c1C. The van der Waals surface area contributed by atoms with E-state index in [-0.39, 0.29) is 11.3 Å². The molecule has 4 rings (SSSR count). The highest BCUT2D eigenvalue weighted by Crippen LogP contribution is 2.36. The molecule has 1 aliphatic heterocycles. The molecule has 0 saturated carbocycles. The molecule has 0 bridgehead atoms. The van der Waals surface area contributed by atoms with Crippen LogP contribution in [0.3, 0.4) is 0 Å². The van der Waals surface area contributed by atoms with Crippen LogP contribution in [-0.2, 0) is 9.59 Å². The maximum Gasteiger partial charge on any atom is 0.282 e. The van der Waals surface area contributed by atoms with Gasteiger partial charge in [-0.05, 0) is 79.8 Å². The minimum absolute atomic E-state index is 0.186. The summed E-state index contributed by atoms with van der Waals surface area (Å²) in [6.07, 6.45) is 0. The van der Waals surface area contributed by atoms with Crippen LogP contribution in [0, 0.1) is 33.5 Å². The van der Waals surface area contributed by atoms with Crippen molar-refractivity contribution in [2.75, 3.05) is 10.2 Å². The average Bonchev–Trinajstić information content (AvgIpc) is 2.98. The van der Waals surface area contributed by atoms with Gasteiger partial charge in [0.1, 0.15) is 11.5 Å². The normalized spacial score (nSPS) is 13.9. The van der Waals surface area contributed by atoms with Gasteiger partial charge in [0.15, 0.2) is 0 Å². The third-order valence-corrected chi connectivity index (χ3v) is 5.90. The highest BCUT2D eigenvalue weighted by atomic mass is 19.1. The number of hydrogen-bond donors (Lipinski definition) is 1. The molecule has 0 radical (unpaired) electrons. The summed E-state index contributed by atoms with van der Waals surface area (Å²) in [5.74, 6) is -1.27. The fourth-order valence-electron chi connectivity index (χ4n) is 3.75. The molecule has 0 spiro atoms. The molecule has 3 aromatic rings. The number of carbonyl (C=O) groups is 2. The van der Waals surface area contributed by atoms with Crippen LogP contribution < -0.4 is 10.2 Å². The lowest BCUT2D eigenvalue weighted by Crippen LogP contribution is -2.33. The van der Waals surface area contributed by atoms with E-state index in [1.165, 1.54) is 29.2 Å². The number of nitrogens with zero attached hydrogens (tertiary/aromatic N) is 1. The number of anilines is 2. The molecule has 0 unspecified atom stereocenters. The van der Waals surface area contributed by atoms with Crippen molar-refractivity contribution in [3.63, 3.8) is 0 Å². The molecule has 1 aliphatic rings. The number of aryl methyl sites for hydroxylation is 2. The summed E-state index contributed by atoms with van der Waals surface area (Å²) in [6.45, 7) is 7.77. The highest BCUT2D eigenvalue weighted by Gasteiger charge is 2.41. The molecule has 2 amide bonds. The molecule has 5 heteroatoms.